The van der Waals surface area contributed by atoms with Gasteiger partial charge in [-0.2, -0.15) is 0 Å². The Morgan fingerprint density at radius 1 is 0.917 bits per heavy atom. The largest absolute Gasteiger partial charge is 0.394 e. The van der Waals surface area contributed by atoms with Crippen LogP contribution < -0.4 is 0 Å². The van der Waals surface area contributed by atoms with Crippen LogP contribution in [0.5, 0.6) is 0 Å². The maximum absolute atomic E-state index is 14.2. The summed E-state index contributed by atoms with van der Waals surface area (Å²) in [6.45, 7) is -0.322. The summed E-state index contributed by atoms with van der Waals surface area (Å²) in [7, 11) is 0. The first kappa shape index (κ1) is 19.8. The minimum absolute atomic E-state index is 0.713. The Labute approximate surface area is 136 Å². The van der Waals surface area contributed by atoms with E-state index in [9.17, 15) is 29.9 Å². The summed E-state index contributed by atoms with van der Waals surface area (Å²) in [6, 6.07) is 0. The van der Waals surface area contributed by atoms with Crippen molar-refractivity contribution in [2.24, 2.45) is 0 Å². The summed E-state index contributed by atoms with van der Waals surface area (Å²) < 4.78 is 29.6. The van der Waals surface area contributed by atoms with Crippen LogP contribution in [0.2, 0.25) is 0 Å². The third kappa shape index (κ3) is 3.42. The number of aliphatic hydroxyl groups excluding tert-OH is 7. The van der Waals surface area contributed by atoms with Crippen LogP contribution in [-0.4, -0.2) is 110 Å². The lowest BCUT2D eigenvalue weighted by atomic mass is 9.93. The maximum Gasteiger partial charge on any atom is 0.197 e. The fraction of sp³-hybridized carbons (Fsp3) is 1.00. The van der Waals surface area contributed by atoms with Crippen molar-refractivity contribution in [3.8, 4) is 0 Å². The summed E-state index contributed by atoms with van der Waals surface area (Å²) in [6.07, 6.45) is -15.6. The molecule has 2 heterocycles. The number of rotatable bonds is 4. The fourth-order valence-electron chi connectivity index (χ4n) is 2.77. The maximum atomic E-state index is 14.2. The SMILES string of the molecule is CC1(OC2OC(CO)C(O)C(O)C2F)OC(CO)C(O)C(O)C1O. The average Bonchev–Trinajstić information content (AvgIpc) is 2.57. The smallest absolute Gasteiger partial charge is 0.197 e. The first-order chi connectivity index (χ1) is 11.2. The molecule has 10 nitrogen and oxygen atoms in total. The minimum atomic E-state index is -2.24. The lowest BCUT2D eigenvalue weighted by molar-refractivity contribution is -0.412. The molecular weight excluding hydrogens is 335 g/mol. The van der Waals surface area contributed by atoms with Gasteiger partial charge >= 0.3 is 0 Å². The Hall–Kier alpha value is -0.470. The van der Waals surface area contributed by atoms with Crippen molar-refractivity contribution < 1.29 is 54.3 Å². The second-order valence-corrected chi connectivity index (χ2v) is 6.05. The van der Waals surface area contributed by atoms with Crippen molar-refractivity contribution >= 4 is 0 Å². The van der Waals surface area contributed by atoms with E-state index in [2.05, 4.69) is 0 Å². The van der Waals surface area contributed by atoms with E-state index in [0.717, 1.165) is 6.92 Å². The molecule has 0 aromatic rings. The van der Waals surface area contributed by atoms with E-state index in [1.807, 2.05) is 0 Å². The molecule has 0 bridgehead atoms. The highest BCUT2D eigenvalue weighted by atomic mass is 19.1. The number of halogens is 1. The summed E-state index contributed by atoms with van der Waals surface area (Å²) in [5.41, 5.74) is 0. The highest BCUT2D eigenvalue weighted by Crippen LogP contribution is 2.35. The minimum Gasteiger partial charge on any atom is -0.394 e. The Kier molecular flexibility index (Phi) is 6.13. The standard InChI is InChI=1S/C13H23FO10/c1-13(11(21)10(20)8(18)5(3-16)23-13)24-12-6(14)9(19)7(17)4(2-15)22-12/h4-12,15-21H,2-3H2,1H3. The van der Waals surface area contributed by atoms with E-state index >= 15 is 0 Å². The monoisotopic (exact) mass is 358 g/mol. The fourth-order valence-corrected chi connectivity index (χ4v) is 2.77. The predicted octanol–water partition coefficient (Wildman–Crippen LogP) is -4.03. The summed E-state index contributed by atoms with van der Waals surface area (Å²) >= 11 is 0. The zero-order valence-corrected chi connectivity index (χ0v) is 12.8. The molecule has 10 atom stereocenters. The van der Waals surface area contributed by atoms with E-state index in [0.29, 0.717) is 0 Å². The third-order valence-corrected chi connectivity index (χ3v) is 4.31. The van der Waals surface area contributed by atoms with Crippen LogP contribution in [0.15, 0.2) is 0 Å². The molecule has 2 aliphatic rings. The Morgan fingerprint density at radius 2 is 1.46 bits per heavy atom. The van der Waals surface area contributed by atoms with Crippen molar-refractivity contribution in [3.05, 3.63) is 0 Å². The molecule has 2 rings (SSSR count). The first-order valence-electron chi connectivity index (χ1n) is 7.43. The number of hydrogen-bond donors (Lipinski definition) is 7. The van der Waals surface area contributed by atoms with Crippen molar-refractivity contribution in [1.29, 1.82) is 0 Å². The van der Waals surface area contributed by atoms with Crippen LogP contribution in [0.1, 0.15) is 6.92 Å². The number of hydrogen-bond acceptors (Lipinski definition) is 10. The molecule has 0 aromatic heterocycles. The van der Waals surface area contributed by atoms with Gasteiger partial charge in [0.15, 0.2) is 18.2 Å². The first-order valence-corrected chi connectivity index (χ1v) is 7.43. The molecule has 0 amide bonds. The summed E-state index contributed by atoms with van der Waals surface area (Å²) in [5.74, 6) is -2.09. The van der Waals surface area contributed by atoms with Crippen molar-refractivity contribution in [1.82, 2.24) is 0 Å². The van der Waals surface area contributed by atoms with Gasteiger partial charge in [0.05, 0.1) is 13.2 Å². The molecule has 2 fully saturated rings. The molecular formula is C13H23FO10. The molecule has 142 valence electrons. The normalized spacial score (nSPS) is 53.1. The molecule has 0 saturated carbocycles. The van der Waals surface area contributed by atoms with Crippen LogP contribution in [0.4, 0.5) is 4.39 Å². The van der Waals surface area contributed by atoms with Crippen LogP contribution in [-0.2, 0) is 14.2 Å². The molecule has 0 aromatic carbocycles. The highest BCUT2D eigenvalue weighted by molar-refractivity contribution is 4.97. The second-order valence-electron chi connectivity index (χ2n) is 6.05. The van der Waals surface area contributed by atoms with Gasteiger partial charge < -0.3 is 50.0 Å². The van der Waals surface area contributed by atoms with Crippen molar-refractivity contribution in [3.63, 3.8) is 0 Å². The van der Waals surface area contributed by atoms with Gasteiger partial charge in [-0.1, -0.05) is 0 Å². The van der Waals surface area contributed by atoms with E-state index < -0.39 is 74.2 Å². The van der Waals surface area contributed by atoms with Gasteiger partial charge in [-0.3, -0.25) is 0 Å². The van der Waals surface area contributed by atoms with Crippen LogP contribution in [0, 0.1) is 0 Å². The number of ether oxygens (including phenoxy) is 3. The Bertz CT molecular complexity index is 424. The quantitative estimate of drug-likeness (QED) is 0.263. The lowest BCUT2D eigenvalue weighted by Gasteiger charge is -2.49. The molecule has 10 unspecified atom stereocenters. The van der Waals surface area contributed by atoms with Crippen LogP contribution >= 0.6 is 0 Å². The topological polar surface area (TPSA) is 169 Å². The number of alkyl halides is 1. The lowest BCUT2D eigenvalue weighted by Crippen LogP contribution is -2.67. The summed E-state index contributed by atoms with van der Waals surface area (Å²) in [4.78, 5) is 0. The predicted molar refractivity (Wildman–Crippen MR) is 72.1 cm³/mol. The van der Waals surface area contributed by atoms with Gasteiger partial charge in [-0.05, 0) is 6.92 Å². The van der Waals surface area contributed by atoms with Crippen molar-refractivity contribution in [2.75, 3.05) is 13.2 Å². The van der Waals surface area contributed by atoms with Gasteiger partial charge in [0.25, 0.3) is 0 Å². The molecule has 24 heavy (non-hydrogen) atoms. The number of aliphatic hydroxyl groups is 7. The molecule has 2 aliphatic heterocycles. The Morgan fingerprint density at radius 3 is 2.00 bits per heavy atom. The van der Waals surface area contributed by atoms with E-state index in [1.165, 1.54) is 0 Å². The van der Waals surface area contributed by atoms with E-state index in [-0.39, 0.29) is 0 Å². The molecule has 0 aliphatic carbocycles. The van der Waals surface area contributed by atoms with E-state index in [4.69, 9.17) is 24.4 Å². The molecule has 0 radical (unpaired) electrons. The zero-order chi connectivity index (χ0) is 18.2. The van der Waals surface area contributed by atoms with Gasteiger partial charge in [-0.25, -0.2) is 4.39 Å². The summed E-state index contributed by atoms with van der Waals surface area (Å²) in [5, 5.41) is 67.1. The van der Waals surface area contributed by atoms with Crippen molar-refractivity contribution in [2.45, 2.75) is 67.9 Å². The highest BCUT2D eigenvalue weighted by Gasteiger charge is 2.55. The zero-order valence-electron chi connectivity index (χ0n) is 12.8. The molecule has 2 saturated heterocycles. The third-order valence-electron chi connectivity index (χ3n) is 4.31. The van der Waals surface area contributed by atoms with Gasteiger partial charge in [0.1, 0.15) is 42.7 Å². The molecule has 7 N–H and O–H groups in total. The van der Waals surface area contributed by atoms with Crippen LogP contribution in [0.25, 0.3) is 0 Å². The average molecular weight is 358 g/mol. The Balaban J connectivity index is 2.18. The van der Waals surface area contributed by atoms with Gasteiger partial charge in [-0.15, -0.1) is 0 Å². The molecule has 11 heteroatoms. The van der Waals surface area contributed by atoms with Gasteiger partial charge in [0, 0.05) is 0 Å². The van der Waals surface area contributed by atoms with E-state index in [1.54, 1.807) is 0 Å². The second kappa shape index (κ2) is 7.41. The van der Waals surface area contributed by atoms with Crippen LogP contribution in [0.3, 0.4) is 0 Å². The molecule has 0 spiro atoms. The van der Waals surface area contributed by atoms with Gasteiger partial charge in [0.2, 0.25) is 0 Å².